The minimum Gasteiger partial charge on any atom is -0.486 e. The van der Waals surface area contributed by atoms with Gasteiger partial charge in [0.1, 0.15) is 13.2 Å². The topological polar surface area (TPSA) is 135 Å². The van der Waals surface area contributed by atoms with E-state index in [9.17, 15) is 0 Å². The molecule has 4 aliphatic heterocycles. The molecule has 0 radical (unpaired) electrons. The van der Waals surface area contributed by atoms with Crippen LogP contribution in [0.3, 0.4) is 0 Å². The summed E-state index contributed by atoms with van der Waals surface area (Å²) in [7, 11) is 1.87. The predicted octanol–water partition coefficient (Wildman–Crippen LogP) is 2.88. The summed E-state index contributed by atoms with van der Waals surface area (Å²) in [6.07, 6.45) is 4.97. The molecule has 188 valence electrons. The smallest absolute Gasteiger partial charge is 0.245 e. The number of piperidine rings is 1. The number of tetrazole rings is 1. The van der Waals surface area contributed by atoms with E-state index < -0.39 is 0 Å². The molecular formula is C22H25BrN10O2S. The Morgan fingerprint density at radius 1 is 1.14 bits per heavy atom. The number of ether oxygens (including phenoxy) is 2. The van der Waals surface area contributed by atoms with Crippen molar-refractivity contribution in [3.05, 3.63) is 22.9 Å². The molecule has 0 amide bonds. The maximum atomic E-state index is 6.16. The van der Waals surface area contributed by atoms with Crippen LogP contribution in [0, 0.1) is 5.92 Å². The van der Waals surface area contributed by atoms with Crippen LogP contribution in [0.4, 0.5) is 11.8 Å². The van der Waals surface area contributed by atoms with E-state index in [0.717, 1.165) is 71.5 Å². The van der Waals surface area contributed by atoms with Gasteiger partial charge in [-0.2, -0.15) is 0 Å². The van der Waals surface area contributed by atoms with E-state index >= 15 is 0 Å². The number of fused-ring (bicyclic) bond motifs is 2. The first-order valence-electron chi connectivity index (χ1n) is 11.8. The highest BCUT2D eigenvalue weighted by atomic mass is 79.9. The molecule has 0 bridgehead atoms. The number of imidazole rings is 1. The highest BCUT2D eigenvalue weighted by Gasteiger charge is 2.25. The monoisotopic (exact) mass is 572 g/mol. The Bertz CT molecular complexity index is 1350. The Hall–Kier alpha value is -3.13. The van der Waals surface area contributed by atoms with Gasteiger partial charge in [0.05, 0.1) is 6.33 Å². The van der Waals surface area contributed by atoms with Gasteiger partial charge < -0.3 is 24.7 Å². The number of benzene rings is 1. The number of aryl methyl sites for hydroxylation is 2. The van der Waals surface area contributed by atoms with E-state index in [2.05, 4.69) is 50.9 Å². The third-order valence-corrected chi connectivity index (χ3v) is 8.38. The Morgan fingerprint density at radius 2 is 1.92 bits per heavy atom. The standard InChI is InChI=1S/C22H25BrN10O2S/c1-31-22(28-29-30-31)32-5-2-13(3-6-32)4-7-33-12-25-19(24)18-20(33)27-21(26-18)36-17-11-16-15(10-14(17)23)34-8-9-35-16/h10-13H,2-9,24H2,1H3. The van der Waals surface area contributed by atoms with Gasteiger partial charge in [-0.05, 0) is 75.4 Å². The summed E-state index contributed by atoms with van der Waals surface area (Å²) in [5.74, 6) is 4.02. The van der Waals surface area contributed by atoms with Gasteiger partial charge in [0.15, 0.2) is 34.0 Å². The van der Waals surface area contributed by atoms with Crippen LogP contribution in [0.15, 0.2) is 33.0 Å². The summed E-state index contributed by atoms with van der Waals surface area (Å²) >= 11 is 5.08. The third kappa shape index (κ3) is 4.54. The average molecular weight is 573 g/mol. The van der Waals surface area contributed by atoms with Crippen LogP contribution in [0.25, 0.3) is 11.5 Å². The van der Waals surface area contributed by atoms with Crippen LogP contribution >= 0.6 is 27.7 Å². The van der Waals surface area contributed by atoms with Gasteiger partial charge in [-0.15, -0.1) is 0 Å². The molecule has 0 atom stereocenters. The van der Waals surface area contributed by atoms with Gasteiger partial charge in [0.25, 0.3) is 0 Å². The van der Waals surface area contributed by atoms with Crippen molar-refractivity contribution in [3.8, 4) is 23.0 Å². The average Bonchev–Trinajstić information content (AvgIpc) is 3.51. The van der Waals surface area contributed by atoms with Crippen LogP contribution in [-0.2, 0) is 13.6 Å². The number of hydrogen-bond donors (Lipinski definition) is 1. The summed E-state index contributed by atoms with van der Waals surface area (Å²) in [6, 6.07) is 3.87. The molecule has 12 nitrogen and oxygen atoms in total. The van der Waals surface area contributed by atoms with Crippen molar-refractivity contribution in [2.24, 2.45) is 13.0 Å². The predicted molar refractivity (Wildman–Crippen MR) is 136 cm³/mol. The molecule has 36 heavy (non-hydrogen) atoms. The van der Waals surface area contributed by atoms with E-state index in [1.54, 1.807) is 11.0 Å². The first-order valence-corrected chi connectivity index (χ1v) is 13.4. The van der Waals surface area contributed by atoms with E-state index in [1.165, 1.54) is 11.8 Å². The van der Waals surface area contributed by atoms with Crippen molar-refractivity contribution < 1.29 is 9.47 Å². The van der Waals surface area contributed by atoms with Crippen molar-refractivity contribution in [2.45, 2.75) is 35.9 Å². The molecule has 5 heterocycles. The summed E-state index contributed by atoms with van der Waals surface area (Å²) in [5, 5.41) is 12.4. The summed E-state index contributed by atoms with van der Waals surface area (Å²) in [6.45, 7) is 3.78. The van der Waals surface area contributed by atoms with Crippen molar-refractivity contribution >= 4 is 39.5 Å². The van der Waals surface area contributed by atoms with Gasteiger partial charge >= 0.3 is 0 Å². The minimum atomic E-state index is 0.382. The van der Waals surface area contributed by atoms with Crippen molar-refractivity contribution in [2.75, 3.05) is 36.9 Å². The molecule has 0 aliphatic carbocycles. The molecule has 1 saturated heterocycles. The molecule has 14 heteroatoms. The van der Waals surface area contributed by atoms with Crippen LogP contribution in [0.5, 0.6) is 11.5 Å². The second-order valence-corrected chi connectivity index (χ2v) is 10.7. The zero-order chi connectivity index (χ0) is 24.6. The molecule has 0 saturated carbocycles. The fourth-order valence-corrected chi connectivity index (χ4v) is 5.95. The quantitative estimate of drug-likeness (QED) is 0.365. The number of nitrogens with two attached hydrogens (primary N) is 1. The fraction of sp³-hybridized carbons (Fsp3) is 0.455. The van der Waals surface area contributed by atoms with Crippen molar-refractivity contribution in [3.63, 3.8) is 0 Å². The van der Waals surface area contributed by atoms with Crippen LogP contribution in [0.2, 0.25) is 0 Å². The Morgan fingerprint density at radius 3 is 2.67 bits per heavy atom. The zero-order valence-electron chi connectivity index (χ0n) is 19.7. The second kappa shape index (κ2) is 9.73. The molecule has 0 spiro atoms. The van der Waals surface area contributed by atoms with Crippen molar-refractivity contribution in [1.82, 2.24) is 39.7 Å². The first-order chi connectivity index (χ1) is 17.5. The summed E-state index contributed by atoms with van der Waals surface area (Å²) in [5.41, 5.74) is 6.78. The van der Waals surface area contributed by atoms with Gasteiger partial charge in [-0.1, -0.05) is 5.10 Å². The van der Waals surface area contributed by atoms with Crippen LogP contribution in [-0.4, -0.2) is 66.0 Å². The second-order valence-electron chi connectivity index (χ2n) is 8.85. The van der Waals surface area contributed by atoms with Crippen molar-refractivity contribution in [1.29, 1.82) is 0 Å². The molecule has 4 aliphatic rings. The highest BCUT2D eigenvalue weighted by Crippen LogP contribution is 2.42. The lowest BCUT2D eigenvalue weighted by Gasteiger charge is -2.32. The minimum absolute atomic E-state index is 0.382. The highest BCUT2D eigenvalue weighted by molar-refractivity contribution is 9.10. The van der Waals surface area contributed by atoms with E-state index in [1.807, 2.05) is 19.2 Å². The molecule has 2 aromatic rings. The first kappa shape index (κ1) is 23.3. The van der Waals surface area contributed by atoms with E-state index in [4.69, 9.17) is 20.2 Å². The number of anilines is 2. The maximum absolute atomic E-state index is 6.16. The van der Waals surface area contributed by atoms with Gasteiger partial charge in [0.2, 0.25) is 5.95 Å². The van der Waals surface area contributed by atoms with E-state index in [-0.39, 0.29) is 0 Å². The van der Waals surface area contributed by atoms with Crippen LogP contribution < -0.4 is 20.1 Å². The summed E-state index contributed by atoms with van der Waals surface area (Å²) in [4.78, 5) is 17.1. The number of nitrogen functional groups attached to an aromatic ring is 1. The lowest BCUT2D eigenvalue weighted by atomic mass is 9.93. The lowest BCUT2D eigenvalue weighted by molar-refractivity contribution is 0.171. The van der Waals surface area contributed by atoms with Gasteiger partial charge in [-0.25, -0.2) is 19.6 Å². The Kier molecular flexibility index (Phi) is 6.29. The fourth-order valence-electron chi connectivity index (χ4n) is 4.60. The zero-order valence-corrected chi connectivity index (χ0v) is 22.1. The number of halogens is 1. The maximum Gasteiger partial charge on any atom is 0.245 e. The largest absolute Gasteiger partial charge is 0.486 e. The molecule has 0 unspecified atom stereocenters. The van der Waals surface area contributed by atoms with Gasteiger partial charge in [-0.3, -0.25) is 0 Å². The SMILES string of the molecule is Cn1nnnc1N1CCC(CCn2cnc(N)c3nc(Sc4cc5c(cc4Br)OCCO5)nc2-3)CC1. The number of rotatable bonds is 6. The number of nitrogens with zero attached hydrogens (tertiary/aromatic N) is 9. The third-order valence-electron chi connectivity index (χ3n) is 6.54. The number of aromatic nitrogens is 8. The molecular weight excluding hydrogens is 548 g/mol. The summed E-state index contributed by atoms with van der Waals surface area (Å²) < 4.78 is 16.1. The molecule has 6 rings (SSSR count). The molecule has 2 N–H and O–H groups in total. The number of hydrogen-bond acceptors (Lipinski definition) is 11. The van der Waals surface area contributed by atoms with Gasteiger partial charge in [0, 0.05) is 36.1 Å². The molecule has 1 fully saturated rings. The molecule has 1 aromatic heterocycles. The van der Waals surface area contributed by atoms with E-state index in [0.29, 0.717) is 35.8 Å². The Labute approximate surface area is 220 Å². The Balaban J connectivity index is 1.15. The molecule has 1 aromatic carbocycles. The normalized spacial score (nSPS) is 16.1. The van der Waals surface area contributed by atoms with Crippen LogP contribution in [0.1, 0.15) is 19.3 Å². The lowest BCUT2D eigenvalue weighted by Crippen LogP contribution is -2.35.